The van der Waals surface area contributed by atoms with E-state index in [1.54, 1.807) is 12.1 Å². The van der Waals surface area contributed by atoms with Crippen molar-refractivity contribution in [2.45, 2.75) is 11.8 Å². The number of carbonyl (C=O) groups is 2. The molecule has 2 amide bonds. The number of halogens is 1. The number of para-hydroxylation sites is 1. The van der Waals surface area contributed by atoms with E-state index >= 15 is 0 Å². The second-order valence-electron chi connectivity index (χ2n) is 6.91. The molecule has 0 heterocycles. The number of hydrogen-bond acceptors (Lipinski definition) is 6. The second kappa shape index (κ2) is 10.4. The number of hydrogen-bond donors (Lipinski definition) is 2. The minimum Gasteiger partial charge on any atom is -0.378 e. The van der Waals surface area contributed by atoms with E-state index in [9.17, 15) is 27.7 Å². The number of benzene rings is 3. The maximum absolute atomic E-state index is 13.1. The van der Waals surface area contributed by atoms with E-state index in [1.807, 2.05) is 0 Å². The van der Waals surface area contributed by atoms with Crippen LogP contribution in [0.25, 0.3) is 6.08 Å². The summed E-state index contributed by atoms with van der Waals surface area (Å²) in [7, 11) is -4.26. The van der Waals surface area contributed by atoms with Crippen LogP contribution in [0.2, 0.25) is 0 Å². The fourth-order valence-corrected chi connectivity index (χ4v) is 3.74. The van der Waals surface area contributed by atoms with Crippen molar-refractivity contribution in [3.05, 3.63) is 89.8 Å². The third-order valence-electron chi connectivity index (χ3n) is 4.35. The van der Waals surface area contributed by atoms with Crippen LogP contribution in [0.1, 0.15) is 12.5 Å². The number of carbonyl (C=O) groups excluding carboxylic acids is 2. The Morgan fingerprint density at radius 2 is 1.53 bits per heavy atom. The van der Waals surface area contributed by atoms with Gasteiger partial charge in [-0.1, -0.05) is 18.2 Å². The lowest BCUT2D eigenvalue weighted by Gasteiger charge is -2.11. The molecule has 3 aromatic carbocycles. The van der Waals surface area contributed by atoms with Crippen LogP contribution in [0.15, 0.2) is 83.3 Å². The first kappa shape index (κ1) is 24.2. The Morgan fingerprint density at radius 1 is 0.941 bits per heavy atom. The average molecular weight is 479 g/mol. The number of amides is 2. The number of nitrogens with zero attached hydrogens (tertiary/aromatic N) is 1. The van der Waals surface area contributed by atoms with Gasteiger partial charge >= 0.3 is 10.1 Å². The van der Waals surface area contributed by atoms with Crippen LogP contribution in [0.3, 0.4) is 0 Å². The molecule has 0 fully saturated rings. The van der Waals surface area contributed by atoms with Gasteiger partial charge in [-0.3, -0.25) is 9.59 Å². The third kappa shape index (κ3) is 6.27. The zero-order valence-corrected chi connectivity index (χ0v) is 18.6. The summed E-state index contributed by atoms with van der Waals surface area (Å²) in [5.74, 6) is -1.65. The standard InChI is InChI=1S/C24H18FN3O5S/c1-16(29)27-20-10-12-22(13-11-20)34(31,32)33-23-5-3-2-4-17(23)14-18(15-26)24(30)28-21-8-6-19(25)7-9-21/h2-14H,1H3,(H,27,29)(H,28,30)/b18-14+. The fraction of sp³-hybridized carbons (Fsp3) is 0.0417. The first-order valence-electron chi connectivity index (χ1n) is 9.78. The summed E-state index contributed by atoms with van der Waals surface area (Å²) >= 11 is 0. The minimum atomic E-state index is -4.26. The first-order chi connectivity index (χ1) is 16.2. The van der Waals surface area contributed by atoms with Crippen LogP contribution in [-0.4, -0.2) is 20.2 Å². The third-order valence-corrected chi connectivity index (χ3v) is 5.60. The number of nitriles is 1. The van der Waals surface area contributed by atoms with E-state index in [-0.39, 0.29) is 33.4 Å². The summed E-state index contributed by atoms with van der Waals surface area (Å²) in [6.45, 7) is 1.33. The molecule has 0 aliphatic carbocycles. The Kier molecular flexibility index (Phi) is 7.40. The lowest BCUT2D eigenvalue weighted by Crippen LogP contribution is -2.14. The number of anilines is 2. The maximum atomic E-state index is 13.1. The molecular weight excluding hydrogens is 461 g/mol. The van der Waals surface area contributed by atoms with Crippen LogP contribution >= 0.6 is 0 Å². The summed E-state index contributed by atoms with van der Waals surface area (Å²) in [6, 6.07) is 18.1. The van der Waals surface area contributed by atoms with E-state index in [1.165, 1.54) is 67.6 Å². The Bertz CT molecular complexity index is 1390. The van der Waals surface area contributed by atoms with Gasteiger partial charge in [0.05, 0.1) is 0 Å². The molecule has 8 nitrogen and oxygen atoms in total. The van der Waals surface area contributed by atoms with E-state index in [0.29, 0.717) is 5.69 Å². The molecule has 0 spiro atoms. The molecule has 0 unspecified atom stereocenters. The SMILES string of the molecule is CC(=O)Nc1ccc(S(=O)(=O)Oc2ccccc2/C=C(\C#N)C(=O)Nc2ccc(F)cc2)cc1. The van der Waals surface area contributed by atoms with Gasteiger partial charge in [-0.2, -0.15) is 13.7 Å². The van der Waals surface area contributed by atoms with Gasteiger partial charge in [0, 0.05) is 23.9 Å². The Labute approximate surface area is 195 Å². The lowest BCUT2D eigenvalue weighted by atomic mass is 10.1. The van der Waals surface area contributed by atoms with Crippen molar-refractivity contribution in [3.63, 3.8) is 0 Å². The molecule has 0 aliphatic heterocycles. The van der Waals surface area contributed by atoms with Crippen molar-refractivity contribution in [2.75, 3.05) is 10.6 Å². The number of rotatable bonds is 7. The molecule has 3 rings (SSSR count). The lowest BCUT2D eigenvalue weighted by molar-refractivity contribution is -0.114. The molecule has 2 N–H and O–H groups in total. The molecule has 0 aliphatic rings. The molecule has 172 valence electrons. The van der Waals surface area contributed by atoms with Crippen LogP contribution in [-0.2, 0) is 19.7 Å². The van der Waals surface area contributed by atoms with E-state index in [4.69, 9.17) is 4.18 Å². The highest BCUT2D eigenvalue weighted by Crippen LogP contribution is 2.26. The van der Waals surface area contributed by atoms with Crippen molar-refractivity contribution in [3.8, 4) is 11.8 Å². The maximum Gasteiger partial charge on any atom is 0.339 e. The van der Waals surface area contributed by atoms with Crippen molar-refractivity contribution >= 4 is 39.4 Å². The molecule has 10 heteroatoms. The van der Waals surface area contributed by atoms with Gasteiger partial charge in [0.1, 0.15) is 28.1 Å². The predicted molar refractivity (Wildman–Crippen MR) is 124 cm³/mol. The molecule has 0 bridgehead atoms. The van der Waals surface area contributed by atoms with E-state index < -0.39 is 21.8 Å². The van der Waals surface area contributed by atoms with Gasteiger partial charge < -0.3 is 14.8 Å². The summed E-state index contributed by atoms with van der Waals surface area (Å²) in [6.07, 6.45) is 1.18. The highest BCUT2D eigenvalue weighted by molar-refractivity contribution is 7.87. The van der Waals surface area contributed by atoms with Crippen LogP contribution < -0.4 is 14.8 Å². The van der Waals surface area contributed by atoms with Gasteiger partial charge in [0.15, 0.2) is 0 Å². The molecule has 0 aromatic heterocycles. The minimum absolute atomic E-state index is 0.101. The van der Waals surface area contributed by atoms with Gasteiger partial charge in [-0.25, -0.2) is 4.39 Å². The van der Waals surface area contributed by atoms with Gasteiger partial charge in [0.25, 0.3) is 5.91 Å². The Balaban J connectivity index is 1.84. The zero-order valence-electron chi connectivity index (χ0n) is 17.8. The molecule has 0 atom stereocenters. The summed E-state index contributed by atoms with van der Waals surface area (Å²) < 4.78 is 43.8. The van der Waals surface area contributed by atoms with Crippen LogP contribution in [0, 0.1) is 17.1 Å². The molecule has 0 saturated heterocycles. The summed E-state index contributed by atoms with van der Waals surface area (Å²) in [4.78, 5) is 23.4. The fourth-order valence-electron chi connectivity index (χ4n) is 2.79. The molecule has 0 saturated carbocycles. The Morgan fingerprint density at radius 3 is 2.15 bits per heavy atom. The van der Waals surface area contributed by atoms with Gasteiger partial charge in [0.2, 0.25) is 5.91 Å². The van der Waals surface area contributed by atoms with Crippen molar-refractivity contribution in [1.82, 2.24) is 0 Å². The summed E-state index contributed by atoms with van der Waals surface area (Å²) in [5.41, 5.74) is 0.548. The Hall–Kier alpha value is -4.49. The molecular formula is C24H18FN3O5S. The highest BCUT2D eigenvalue weighted by atomic mass is 32.2. The molecule has 0 radical (unpaired) electrons. The van der Waals surface area contributed by atoms with Crippen LogP contribution in [0.5, 0.6) is 5.75 Å². The first-order valence-corrected chi connectivity index (χ1v) is 11.2. The predicted octanol–water partition coefficient (Wildman–Crippen LogP) is 4.10. The molecule has 3 aromatic rings. The van der Waals surface area contributed by atoms with Gasteiger partial charge in [-0.05, 0) is 60.7 Å². The zero-order chi connectivity index (χ0) is 24.7. The highest BCUT2D eigenvalue weighted by Gasteiger charge is 2.19. The number of nitrogens with one attached hydrogen (secondary N) is 2. The van der Waals surface area contributed by atoms with Crippen molar-refractivity contribution < 1.29 is 26.6 Å². The second-order valence-corrected chi connectivity index (χ2v) is 8.46. The molecule has 34 heavy (non-hydrogen) atoms. The summed E-state index contributed by atoms with van der Waals surface area (Å²) in [5, 5.41) is 14.4. The average Bonchev–Trinajstić information content (AvgIpc) is 2.79. The van der Waals surface area contributed by atoms with Gasteiger partial charge in [-0.15, -0.1) is 0 Å². The monoisotopic (exact) mass is 479 g/mol. The van der Waals surface area contributed by atoms with Crippen molar-refractivity contribution in [1.29, 1.82) is 5.26 Å². The topological polar surface area (TPSA) is 125 Å². The quantitative estimate of drug-likeness (QED) is 0.299. The van der Waals surface area contributed by atoms with E-state index in [0.717, 1.165) is 12.1 Å². The van der Waals surface area contributed by atoms with Crippen molar-refractivity contribution in [2.24, 2.45) is 0 Å². The van der Waals surface area contributed by atoms with Crippen LogP contribution in [0.4, 0.5) is 15.8 Å². The largest absolute Gasteiger partial charge is 0.378 e. The normalized spacial score (nSPS) is 11.3. The van der Waals surface area contributed by atoms with E-state index in [2.05, 4.69) is 10.6 Å². The smallest absolute Gasteiger partial charge is 0.339 e.